The van der Waals surface area contributed by atoms with Gasteiger partial charge in [0.1, 0.15) is 0 Å². The molecule has 1 heterocycles. The van der Waals surface area contributed by atoms with Gasteiger partial charge in [-0.2, -0.15) is 4.31 Å². The SMILES string of the molecule is CCC(O)CN1CCN(S(=O)(=O)c2ccc(C)c(C)c2)CC1. The minimum Gasteiger partial charge on any atom is -0.392 e. The molecule has 5 nitrogen and oxygen atoms in total. The Morgan fingerprint density at radius 2 is 1.77 bits per heavy atom. The van der Waals surface area contributed by atoms with Crippen molar-refractivity contribution in [1.29, 1.82) is 0 Å². The van der Waals surface area contributed by atoms with E-state index in [0.29, 0.717) is 37.6 Å². The van der Waals surface area contributed by atoms with Gasteiger partial charge in [0, 0.05) is 32.7 Å². The number of hydrogen-bond acceptors (Lipinski definition) is 4. The second-order valence-electron chi connectivity index (χ2n) is 6.01. The highest BCUT2D eigenvalue weighted by Crippen LogP contribution is 2.20. The Balaban J connectivity index is 2.04. The minimum atomic E-state index is -3.41. The first kappa shape index (κ1) is 17.4. The number of piperazine rings is 1. The predicted molar refractivity (Wildman–Crippen MR) is 87.4 cm³/mol. The van der Waals surface area contributed by atoms with E-state index in [0.717, 1.165) is 17.5 Å². The highest BCUT2D eigenvalue weighted by atomic mass is 32.2. The number of aliphatic hydroxyl groups excluding tert-OH is 1. The summed E-state index contributed by atoms with van der Waals surface area (Å²) in [7, 11) is -3.41. The third-order valence-corrected chi connectivity index (χ3v) is 6.28. The summed E-state index contributed by atoms with van der Waals surface area (Å²) >= 11 is 0. The minimum absolute atomic E-state index is 0.331. The van der Waals surface area contributed by atoms with Gasteiger partial charge in [0.25, 0.3) is 0 Å². The smallest absolute Gasteiger partial charge is 0.243 e. The first-order valence-corrected chi connectivity index (χ1v) is 9.26. The topological polar surface area (TPSA) is 60.9 Å². The van der Waals surface area contributed by atoms with Crippen LogP contribution in [0.1, 0.15) is 24.5 Å². The van der Waals surface area contributed by atoms with E-state index >= 15 is 0 Å². The first-order chi connectivity index (χ1) is 10.3. The van der Waals surface area contributed by atoms with Crippen LogP contribution in [0.3, 0.4) is 0 Å². The van der Waals surface area contributed by atoms with E-state index in [1.54, 1.807) is 16.4 Å². The molecule has 0 radical (unpaired) electrons. The molecule has 0 saturated carbocycles. The summed E-state index contributed by atoms with van der Waals surface area (Å²) in [6.45, 7) is 8.76. The van der Waals surface area contributed by atoms with Crippen LogP contribution in [-0.4, -0.2) is 61.6 Å². The van der Waals surface area contributed by atoms with Crippen molar-refractivity contribution in [2.75, 3.05) is 32.7 Å². The van der Waals surface area contributed by atoms with Gasteiger partial charge in [-0.15, -0.1) is 0 Å². The summed E-state index contributed by atoms with van der Waals surface area (Å²) in [5, 5.41) is 9.70. The van der Waals surface area contributed by atoms with Crippen LogP contribution in [0.15, 0.2) is 23.1 Å². The van der Waals surface area contributed by atoms with Gasteiger partial charge in [0.15, 0.2) is 0 Å². The van der Waals surface area contributed by atoms with Crippen molar-refractivity contribution in [1.82, 2.24) is 9.21 Å². The zero-order valence-electron chi connectivity index (χ0n) is 13.6. The lowest BCUT2D eigenvalue weighted by Crippen LogP contribution is -2.50. The van der Waals surface area contributed by atoms with Crippen molar-refractivity contribution in [2.24, 2.45) is 0 Å². The van der Waals surface area contributed by atoms with Crippen molar-refractivity contribution in [2.45, 2.75) is 38.2 Å². The summed E-state index contributed by atoms with van der Waals surface area (Å²) in [6.07, 6.45) is 0.393. The second kappa shape index (κ2) is 7.08. The molecule has 1 aliphatic rings. The Kier molecular flexibility index (Phi) is 5.60. The molecule has 0 aromatic heterocycles. The molecular formula is C16H26N2O3S. The molecule has 0 bridgehead atoms. The Bertz CT molecular complexity index is 608. The lowest BCUT2D eigenvalue weighted by molar-refractivity contribution is 0.0896. The molecule has 1 atom stereocenters. The summed E-state index contributed by atoms with van der Waals surface area (Å²) in [5.74, 6) is 0. The van der Waals surface area contributed by atoms with Gasteiger partial charge in [-0.3, -0.25) is 4.90 Å². The van der Waals surface area contributed by atoms with Gasteiger partial charge >= 0.3 is 0 Å². The Morgan fingerprint density at radius 1 is 1.14 bits per heavy atom. The molecule has 1 aromatic rings. The van der Waals surface area contributed by atoms with Crippen LogP contribution in [0.2, 0.25) is 0 Å². The average molecular weight is 326 g/mol. The fourth-order valence-corrected chi connectivity index (χ4v) is 4.11. The number of sulfonamides is 1. The highest BCUT2D eigenvalue weighted by Gasteiger charge is 2.29. The lowest BCUT2D eigenvalue weighted by Gasteiger charge is -2.34. The molecule has 0 aliphatic carbocycles. The van der Waals surface area contributed by atoms with Crippen molar-refractivity contribution in [3.05, 3.63) is 29.3 Å². The number of rotatable bonds is 5. The number of hydrogen-bond donors (Lipinski definition) is 1. The largest absolute Gasteiger partial charge is 0.392 e. The van der Waals surface area contributed by atoms with E-state index in [1.807, 2.05) is 26.8 Å². The molecule has 1 aliphatic heterocycles. The number of aryl methyl sites for hydroxylation is 2. The fourth-order valence-electron chi connectivity index (χ4n) is 2.60. The van der Waals surface area contributed by atoms with E-state index in [9.17, 15) is 13.5 Å². The number of benzene rings is 1. The van der Waals surface area contributed by atoms with Gasteiger partial charge in [-0.05, 0) is 43.5 Å². The number of β-amino-alcohol motifs (C(OH)–C–C–N with tert-alkyl or cyclic N) is 1. The molecule has 0 spiro atoms. The van der Waals surface area contributed by atoms with Gasteiger partial charge in [0.2, 0.25) is 10.0 Å². The zero-order chi connectivity index (χ0) is 16.3. The van der Waals surface area contributed by atoms with E-state index < -0.39 is 10.0 Å². The Hall–Kier alpha value is -0.950. The van der Waals surface area contributed by atoms with Gasteiger partial charge in [-0.1, -0.05) is 13.0 Å². The van der Waals surface area contributed by atoms with Crippen molar-refractivity contribution >= 4 is 10.0 Å². The molecular weight excluding hydrogens is 300 g/mol. The van der Waals surface area contributed by atoms with Gasteiger partial charge in [-0.25, -0.2) is 8.42 Å². The van der Waals surface area contributed by atoms with Crippen LogP contribution in [0.5, 0.6) is 0 Å². The summed E-state index contributed by atoms with van der Waals surface area (Å²) < 4.78 is 26.9. The summed E-state index contributed by atoms with van der Waals surface area (Å²) in [4.78, 5) is 2.50. The molecule has 1 aromatic carbocycles. The van der Waals surface area contributed by atoms with Crippen LogP contribution in [0.25, 0.3) is 0 Å². The monoisotopic (exact) mass is 326 g/mol. The maximum atomic E-state index is 12.7. The highest BCUT2D eigenvalue weighted by molar-refractivity contribution is 7.89. The molecule has 2 rings (SSSR count). The normalized spacial score (nSPS) is 19.3. The average Bonchev–Trinajstić information content (AvgIpc) is 2.50. The Labute approximate surface area is 133 Å². The van der Waals surface area contributed by atoms with E-state index in [-0.39, 0.29) is 6.10 Å². The quantitative estimate of drug-likeness (QED) is 0.888. The number of aliphatic hydroxyl groups is 1. The maximum Gasteiger partial charge on any atom is 0.243 e. The van der Waals surface area contributed by atoms with Crippen molar-refractivity contribution in [3.8, 4) is 0 Å². The second-order valence-corrected chi connectivity index (χ2v) is 7.95. The van der Waals surface area contributed by atoms with E-state index in [1.165, 1.54) is 0 Å². The van der Waals surface area contributed by atoms with E-state index in [2.05, 4.69) is 4.90 Å². The Morgan fingerprint density at radius 3 is 2.32 bits per heavy atom. The summed E-state index contributed by atoms with van der Waals surface area (Å²) in [5.41, 5.74) is 2.09. The molecule has 124 valence electrons. The van der Waals surface area contributed by atoms with Crippen molar-refractivity contribution < 1.29 is 13.5 Å². The maximum absolute atomic E-state index is 12.7. The summed E-state index contributed by atoms with van der Waals surface area (Å²) in [6, 6.07) is 5.29. The number of nitrogens with zero attached hydrogens (tertiary/aromatic N) is 2. The van der Waals surface area contributed by atoms with Gasteiger partial charge < -0.3 is 5.11 Å². The van der Waals surface area contributed by atoms with Gasteiger partial charge in [0.05, 0.1) is 11.0 Å². The van der Waals surface area contributed by atoms with Crippen LogP contribution in [0.4, 0.5) is 0 Å². The van der Waals surface area contributed by atoms with Crippen LogP contribution in [-0.2, 0) is 10.0 Å². The van der Waals surface area contributed by atoms with Crippen LogP contribution < -0.4 is 0 Å². The molecule has 6 heteroatoms. The first-order valence-electron chi connectivity index (χ1n) is 7.82. The molecule has 22 heavy (non-hydrogen) atoms. The van der Waals surface area contributed by atoms with Crippen LogP contribution in [0, 0.1) is 13.8 Å². The third kappa shape index (κ3) is 3.87. The standard InChI is InChI=1S/C16H26N2O3S/c1-4-15(19)12-17-7-9-18(10-8-17)22(20,21)16-6-5-13(2)14(3)11-16/h5-6,11,15,19H,4,7-10,12H2,1-3H3. The lowest BCUT2D eigenvalue weighted by atomic mass is 10.1. The fraction of sp³-hybridized carbons (Fsp3) is 0.625. The predicted octanol–water partition coefficient (Wildman–Crippen LogP) is 1.38. The molecule has 0 amide bonds. The van der Waals surface area contributed by atoms with Crippen LogP contribution >= 0.6 is 0 Å². The zero-order valence-corrected chi connectivity index (χ0v) is 14.4. The molecule has 1 unspecified atom stereocenters. The van der Waals surface area contributed by atoms with Crippen molar-refractivity contribution in [3.63, 3.8) is 0 Å². The molecule has 1 fully saturated rings. The van der Waals surface area contributed by atoms with E-state index in [4.69, 9.17) is 0 Å². The third-order valence-electron chi connectivity index (χ3n) is 4.39. The molecule has 1 saturated heterocycles. The molecule has 1 N–H and O–H groups in total.